The third-order valence-corrected chi connectivity index (χ3v) is 7.40. The van der Waals surface area contributed by atoms with Crippen molar-refractivity contribution in [2.45, 2.75) is 96.8 Å². The van der Waals surface area contributed by atoms with Gasteiger partial charge in [-0.2, -0.15) is 0 Å². The van der Waals surface area contributed by atoms with Crippen LogP contribution >= 0.6 is 0 Å². The summed E-state index contributed by atoms with van der Waals surface area (Å²) in [7, 11) is 0. The second kappa shape index (κ2) is 10.6. The minimum Gasteiger partial charge on any atom is -0.207 e. The lowest BCUT2D eigenvalue weighted by molar-refractivity contribution is 0.140. The fourth-order valence-corrected chi connectivity index (χ4v) is 5.82. The maximum absolute atomic E-state index is 13.2. The summed E-state index contributed by atoms with van der Waals surface area (Å²) in [6, 6.07) is 3.91. The Morgan fingerprint density at radius 2 is 1.22 bits per heavy atom. The SMILES string of the molecule is CCC[C@H]1CC[C@H](C2CCC(CCCCc3cc(F)cc(F)c3)CC2)CC1. The van der Waals surface area contributed by atoms with Gasteiger partial charge in [-0.25, -0.2) is 8.78 Å². The smallest absolute Gasteiger partial charge is 0.126 e. The van der Waals surface area contributed by atoms with E-state index in [0.717, 1.165) is 48.1 Å². The number of hydrogen-bond acceptors (Lipinski definition) is 0. The molecule has 152 valence electrons. The van der Waals surface area contributed by atoms with Gasteiger partial charge in [-0.3, -0.25) is 0 Å². The van der Waals surface area contributed by atoms with Gasteiger partial charge < -0.3 is 0 Å². The van der Waals surface area contributed by atoms with Crippen LogP contribution in [0.25, 0.3) is 0 Å². The summed E-state index contributed by atoms with van der Waals surface area (Å²) in [5.41, 5.74) is 0.801. The Kier molecular flexibility index (Phi) is 8.15. The number of rotatable bonds is 8. The molecule has 2 saturated carbocycles. The van der Waals surface area contributed by atoms with E-state index in [2.05, 4.69) is 6.92 Å². The molecule has 0 aromatic heterocycles. The van der Waals surface area contributed by atoms with Gasteiger partial charge in [0.15, 0.2) is 0 Å². The summed E-state index contributed by atoms with van der Waals surface area (Å²) >= 11 is 0. The molecule has 0 atom stereocenters. The van der Waals surface area contributed by atoms with E-state index in [1.165, 1.54) is 89.2 Å². The van der Waals surface area contributed by atoms with Crippen molar-refractivity contribution in [2.24, 2.45) is 23.7 Å². The molecule has 0 unspecified atom stereocenters. The van der Waals surface area contributed by atoms with E-state index in [1.54, 1.807) is 0 Å². The van der Waals surface area contributed by atoms with E-state index in [1.807, 2.05) is 0 Å². The number of benzene rings is 1. The molecule has 0 heterocycles. The monoisotopic (exact) mass is 376 g/mol. The van der Waals surface area contributed by atoms with Crippen LogP contribution in [0.1, 0.15) is 96.0 Å². The molecule has 3 rings (SSSR count). The number of aryl methyl sites for hydroxylation is 1. The van der Waals surface area contributed by atoms with Gasteiger partial charge in [0.2, 0.25) is 0 Å². The molecular weight excluding hydrogens is 338 g/mol. The van der Waals surface area contributed by atoms with Crippen LogP contribution in [0.2, 0.25) is 0 Å². The minimum absolute atomic E-state index is 0.452. The van der Waals surface area contributed by atoms with Crippen molar-refractivity contribution in [1.82, 2.24) is 0 Å². The number of halogens is 2. The molecule has 0 N–H and O–H groups in total. The molecule has 2 fully saturated rings. The maximum Gasteiger partial charge on any atom is 0.126 e. The first kappa shape index (κ1) is 20.8. The summed E-state index contributed by atoms with van der Waals surface area (Å²) in [6.07, 6.45) is 18.8. The van der Waals surface area contributed by atoms with E-state index < -0.39 is 11.6 Å². The topological polar surface area (TPSA) is 0 Å². The van der Waals surface area contributed by atoms with Crippen LogP contribution in [0.15, 0.2) is 18.2 Å². The predicted octanol–water partition coefficient (Wildman–Crippen LogP) is 8.09. The summed E-state index contributed by atoms with van der Waals surface area (Å²) in [6.45, 7) is 2.32. The molecule has 0 spiro atoms. The Balaban J connectivity index is 1.29. The van der Waals surface area contributed by atoms with Crippen LogP contribution in [0, 0.1) is 35.3 Å². The van der Waals surface area contributed by atoms with Crippen molar-refractivity contribution < 1.29 is 8.78 Å². The van der Waals surface area contributed by atoms with Crippen LogP contribution in [0.4, 0.5) is 8.78 Å². The highest BCUT2D eigenvalue weighted by molar-refractivity contribution is 5.17. The summed E-state index contributed by atoms with van der Waals surface area (Å²) in [4.78, 5) is 0. The average Bonchev–Trinajstić information content (AvgIpc) is 2.66. The molecule has 2 heteroatoms. The number of unbranched alkanes of at least 4 members (excludes halogenated alkanes) is 1. The maximum atomic E-state index is 13.2. The zero-order valence-electron chi connectivity index (χ0n) is 17.2. The minimum atomic E-state index is -0.452. The molecule has 1 aromatic rings. The highest BCUT2D eigenvalue weighted by atomic mass is 19.1. The van der Waals surface area contributed by atoms with E-state index >= 15 is 0 Å². The van der Waals surface area contributed by atoms with Crippen LogP contribution in [-0.2, 0) is 6.42 Å². The van der Waals surface area contributed by atoms with Crippen LogP contribution < -0.4 is 0 Å². The molecule has 0 radical (unpaired) electrons. The standard InChI is InChI=1S/C25H38F2/c1-2-5-19-8-12-22(13-9-19)23-14-10-20(11-15-23)6-3-4-7-21-16-24(26)18-25(27)17-21/h16-20,22-23H,2-15H2,1H3/t19-,20?,22-,23?. The van der Waals surface area contributed by atoms with Gasteiger partial charge in [-0.1, -0.05) is 58.3 Å². The Hall–Kier alpha value is -0.920. The molecule has 2 aliphatic rings. The summed E-state index contributed by atoms with van der Waals surface area (Å²) < 4.78 is 26.5. The van der Waals surface area contributed by atoms with E-state index in [0.29, 0.717) is 0 Å². The first-order chi connectivity index (χ1) is 13.1. The van der Waals surface area contributed by atoms with E-state index in [-0.39, 0.29) is 0 Å². The van der Waals surface area contributed by atoms with Gasteiger partial charge in [0.25, 0.3) is 0 Å². The van der Waals surface area contributed by atoms with Crippen LogP contribution in [0.3, 0.4) is 0 Å². The van der Waals surface area contributed by atoms with Gasteiger partial charge in [-0.05, 0) is 79.9 Å². The normalized spacial score (nSPS) is 29.0. The van der Waals surface area contributed by atoms with Gasteiger partial charge in [0, 0.05) is 6.07 Å². The van der Waals surface area contributed by atoms with E-state index in [9.17, 15) is 8.78 Å². The van der Waals surface area contributed by atoms with Crippen molar-refractivity contribution in [2.75, 3.05) is 0 Å². The first-order valence-electron chi connectivity index (χ1n) is 11.6. The summed E-state index contributed by atoms with van der Waals surface area (Å²) in [5, 5.41) is 0. The van der Waals surface area contributed by atoms with Crippen molar-refractivity contribution in [3.8, 4) is 0 Å². The second-order valence-electron chi connectivity index (χ2n) is 9.37. The van der Waals surface area contributed by atoms with Crippen molar-refractivity contribution >= 4 is 0 Å². The van der Waals surface area contributed by atoms with Crippen molar-refractivity contribution in [1.29, 1.82) is 0 Å². The Bertz CT molecular complexity index is 531. The van der Waals surface area contributed by atoms with Gasteiger partial charge in [0.05, 0.1) is 0 Å². The zero-order valence-corrected chi connectivity index (χ0v) is 17.2. The molecule has 1 aromatic carbocycles. The lowest BCUT2D eigenvalue weighted by Gasteiger charge is -2.38. The van der Waals surface area contributed by atoms with Gasteiger partial charge in [-0.15, -0.1) is 0 Å². The van der Waals surface area contributed by atoms with Crippen molar-refractivity contribution in [3.63, 3.8) is 0 Å². The fraction of sp³-hybridized carbons (Fsp3) is 0.760. The highest BCUT2D eigenvalue weighted by Crippen LogP contribution is 2.43. The Morgan fingerprint density at radius 1 is 0.704 bits per heavy atom. The average molecular weight is 377 g/mol. The number of hydrogen-bond donors (Lipinski definition) is 0. The Morgan fingerprint density at radius 3 is 1.74 bits per heavy atom. The fourth-order valence-electron chi connectivity index (χ4n) is 5.82. The molecule has 0 aliphatic heterocycles. The van der Waals surface area contributed by atoms with Gasteiger partial charge >= 0.3 is 0 Å². The molecule has 0 nitrogen and oxygen atoms in total. The predicted molar refractivity (Wildman–Crippen MR) is 110 cm³/mol. The first-order valence-corrected chi connectivity index (χ1v) is 11.6. The molecule has 27 heavy (non-hydrogen) atoms. The van der Waals surface area contributed by atoms with Crippen LogP contribution in [0.5, 0.6) is 0 Å². The lowest BCUT2D eigenvalue weighted by Crippen LogP contribution is -2.25. The van der Waals surface area contributed by atoms with E-state index in [4.69, 9.17) is 0 Å². The molecular formula is C25H38F2. The van der Waals surface area contributed by atoms with Crippen LogP contribution in [-0.4, -0.2) is 0 Å². The molecule has 0 bridgehead atoms. The Labute approximate surface area is 165 Å². The molecule has 0 amide bonds. The lowest BCUT2D eigenvalue weighted by atomic mass is 9.68. The highest BCUT2D eigenvalue weighted by Gasteiger charge is 2.30. The molecule has 0 saturated heterocycles. The van der Waals surface area contributed by atoms with Gasteiger partial charge in [0.1, 0.15) is 11.6 Å². The third-order valence-electron chi connectivity index (χ3n) is 7.40. The summed E-state index contributed by atoms with van der Waals surface area (Å²) in [5.74, 6) is 3.02. The quantitative estimate of drug-likeness (QED) is 0.402. The van der Waals surface area contributed by atoms with Crippen molar-refractivity contribution in [3.05, 3.63) is 35.4 Å². The second-order valence-corrected chi connectivity index (χ2v) is 9.37. The largest absolute Gasteiger partial charge is 0.207 e. The zero-order chi connectivity index (χ0) is 19.1. The third kappa shape index (κ3) is 6.57. The molecule has 2 aliphatic carbocycles.